The van der Waals surface area contributed by atoms with Crippen molar-refractivity contribution in [1.82, 2.24) is 15.2 Å². The van der Waals surface area contributed by atoms with Crippen LogP contribution in [-0.2, 0) is 28.7 Å². The van der Waals surface area contributed by atoms with Crippen LogP contribution in [0.5, 0.6) is 5.75 Å². The van der Waals surface area contributed by atoms with Crippen LogP contribution in [0, 0.1) is 25.7 Å². The number of carbonyl (C=O) groups excluding carboxylic acids is 5. The molecule has 0 unspecified atom stereocenters. The van der Waals surface area contributed by atoms with Gasteiger partial charge in [-0.25, -0.2) is 0 Å². The first-order chi connectivity index (χ1) is 28.8. The molecule has 328 valence electrons. The number of amides is 2. The summed E-state index contributed by atoms with van der Waals surface area (Å²) in [4.78, 5) is 68.6. The van der Waals surface area contributed by atoms with Gasteiger partial charge in [-0.2, -0.15) is 0 Å². The average Bonchev–Trinajstić information content (AvgIpc) is 3.79. The monoisotopic (exact) mass is 830 g/mol. The zero-order valence-corrected chi connectivity index (χ0v) is 36.6. The number of carbonyl (C=O) groups is 5. The number of hydrogen-bond donors (Lipinski definition) is 4. The Hall–Kier alpha value is -5.01. The number of esters is 3. The number of hydrogen-bond acceptors (Lipinski definition) is 10. The molecule has 2 heterocycles. The van der Waals surface area contributed by atoms with E-state index < -0.39 is 36.2 Å². The van der Waals surface area contributed by atoms with Crippen LogP contribution in [0.15, 0.2) is 42.5 Å². The van der Waals surface area contributed by atoms with Crippen molar-refractivity contribution in [2.45, 2.75) is 131 Å². The van der Waals surface area contributed by atoms with Gasteiger partial charge in [0.05, 0.1) is 17.2 Å². The maximum Gasteiger partial charge on any atom is 0.311 e. The molecule has 13 heteroatoms. The van der Waals surface area contributed by atoms with Crippen molar-refractivity contribution in [3.63, 3.8) is 0 Å². The standard InChI is InChI=1S/C47H66N4O9/c1-8-11-12-15-18-34(54)21-23-37-36(42(58-32(6)52)29-43(37)59-33(7)53)19-16-13-14-17-20-44(55)60-35-22-24-40-38(27-35)39(46(56)50-40)28-41-30(4)45(31(5)49-41)47(57)48-25-26-51(9-2)10-3/h13,16,21-24,27-28,34,36-37,42-43,49,54H,8-12,14-15,17-20,25-26,29H2,1-7H3,(H,48,57)(H,50,56)/b16-13-,23-21+,39-28-/t34-,36+,37+,42-,43+/m0/s1. The third kappa shape index (κ3) is 13.8. The summed E-state index contributed by atoms with van der Waals surface area (Å²) in [5.41, 5.74) is 4.21. The summed E-state index contributed by atoms with van der Waals surface area (Å²) in [5.74, 6) is -1.79. The number of aryl methyl sites for hydroxylation is 1. The normalized spacial score (nSPS) is 19.9. The number of allylic oxidation sites excluding steroid dienone is 2. The molecule has 1 aromatic carbocycles. The van der Waals surface area contributed by atoms with Crippen molar-refractivity contribution in [1.29, 1.82) is 0 Å². The number of anilines is 1. The van der Waals surface area contributed by atoms with Crippen molar-refractivity contribution in [3.8, 4) is 5.75 Å². The molecule has 4 rings (SSSR count). The molecule has 1 aliphatic carbocycles. The zero-order valence-electron chi connectivity index (χ0n) is 36.6. The number of nitrogens with zero attached hydrogens (tertiary/aromatic N) is 1. The molecule has 2 aliphatic rings. The van der Waals surface area contributed by atoms with E-state index in [2.05, 4.69) is 41.3 Å². The third-order valence-electron chi connectivity index (χ3n) is 11.3. The highest BCUT2D eigenvalue weighted by atomic mass is 16.6. The van der Waals surface area contributed by atoms with Crippen LogP contribution in [0.3, 0.4) is 0 Å². The summed E-state index contributed by atoms with van der Waals surface area (Å²) < 4.78 is 17.0. The molecular weight excluding hydrogens is 765 g/mol. The highest BCUT2D eigenvalue weighted by Gasteiger charge is 2.45. The van der Waals surface area contributed by atoms with Crippen molar-refractivity contribution >= 4 is 47.1 Å². The van der Waals surface area contributed by atoms with E-state index in [-0.39, 0.29) is 30.1 Å². The lowest BCUT2D eigenvalue weighted by Crippen LogP contribution is -2.35. The predicted molar refractivity (Wildman–Crippen MR) is 233 cm³/mol. The van der Waals surface area contributed by atoms with Gasteiger partial charge in [-0.05, 0) is 82.5 Å². The molecule has 0 spiro atoms. The van der Waals surface area contributed by atoms with E-state index in [1.807, 2.05) is 32.1 Å². The quantitative estimate of drug-likeness (QED) is 0.0287. The van der Waals surface area contributed by atoms with Crippen molar-refractivity contribution in [2.75, 3.05) is 31.5 Å². The second-order valence-corrected chi connectivity index (χ2v) is 15.8. The summed E-state index contributed by atoms with van der Waals surface area (Å²) in [6.45, 7) is 15.8. The van der Waals surface area contributed by atoms with Gasteiger partial charge in [-0.15, -0.1) is 0 Å². The van der Waals surface area contributed by atoms with E-state index in [9.17, 15) is 29.1 Å². The lowest BCUT2D eigenvalue weighted by atomic mass is 9.89. The van der Waals surface area contributed by atoms with Gasteiger partial charge in [0.1, 0.15) is 18.0 Å². The Morgan fingerprint density at radius 1 is 0.983 bits per heavy atom. The number of unbranched alkanes of at least 4 members (excludes halogenated alkanes) is 4. The van der Waals surface area contributed by atoms with Gasteiger partial charge in [0, 0.05) is 74.3 Å². The van der Waals surface area contributed by atoms with Gasteiger partial charge in [0.15, 0.2) is 0 Å². The number of nitrogens with one attached hydrogen (secondary N) is 3. The Kier molecular flexibility index (Phi) is 18.8. The molecule has 1 aliphatic heterocycles. The number of rotatable bonds is 23. The smallest absolute Gasteiger partial charge is 0.311 e. The summed E-state index contributed by atoms with van der Waals surface area (Å²) >= 11 is 0. The number of aliphatic hydroxyl groups excluding tert-OH is 1. The van der Waals surface area contributed by atoms with Crippen molar-refractivity contribution in [2.24, 2.45) is 11.8 Å². The van der Waals surface area contributed by atoms with E-state index >= 15 is 0 Å². The number of ether oxygens (including phenoxy) is 3. The molecular formula is C47H66N4O9. The van der Waals surface area contributed by atoms with E-state index in [1.54, 1.807) is 30.4 Å². The summed E-state index contributed by atoms with van der Waals surface area (Å²) in [7, 11) is 0. The first-order valence-corrected chi connectivity index (χ1v) is 21.7. The predicted octanol–water partition coefficient (Wildman–Crippen LogP) is 7.60. The summed E-state index contributed by atoms with van der Waals surface area (Å²) in [6.07, 6.45) is 14.9. The van der Waals surface area contributed by atoms with Gasteiger partial charge in [0.2, 0.25) is 0 Å². The highest BCUT2D eigenvalue weighted by molar-refractivity contribution is 6.35. The molecule has 0 radical (unpaired) electrons. The number of likely N-dealkylation sites (N-methyl/N-ethyl adjacent to an activating group) is 1. The number of aromatic amines is 1. The summed E-state index contributed by atoms with van der Waals surface area (Å²) in [6, 6.07) is 5.02. The minimum atomic E-state index is -0.613. The van der Waals surface area contributed by atoms with Crippen LogP contribution >= 0.6 is 0 Å². The van der Waals surface area contributed by atoms with Crippen molar-refractivity contribution < 1.29 is 43.3 Å². The van der Waals surface area contributed by atoms with Crippen LogP contribution in [0.2, 0.25) is 0 Å². The number of aromatic nitrogens is 1. The molecule has 4 N–H and O–H groups in total. The fourth-order valence-corrected chi connectivity index (χ4v) is 8.13. The number of benzene rings is 1. The van der Waals surface area contributed by atoms with Gasteiger partial charge >= 0.3 is 17.9 Å². The summed E-state index contributed by atoms with van der Waals surface area (Å²) in [5, 5.41) is 16.5. The first-order valence-electron chi connectivity index (χ1n) is 21.7. The Balaban J connectivity index is 1.34. The van der Waals surface area contributed by atoms with Crippen LogP contribution in [0.25, 0.3) is 11.6 Å². The number of fused-ring (bicyclic) bond motifs is 1. The largest absolute Gasteiger partial charge is 0.462 e. The Morgan fingerprint density at radius 3 is 2.42 bits per heavy atom. The highest BCUT2D eigenvalue weighted by Crippen LogP contribution is 2.40. The lowest BCUT2D eigenvalue weighted by molar-refractivity contribution is -0.149. The zero-order chi connectivity index (χ0) is 43.8. The molecule has 0 bridgehead atoms. The topological polar surface area (TPSA) is 176 Å². The molecule has 0 saturated heterocycles. The second kappa shape index (κ2) is 23.7. The number of aliphatic hydroxyl groups is 1. The molecule has 1 saturated carbocycles. The minimum Gasteiger partial charge on any atom is -0.462 e. The average molecular weight is 831 g/mol. The third-order valence-corrected chi connectivity index (χ3v) is 11.3. The molecule has 13 nitrogen and oxygen atoms in total. The minimum absolute atomic E-state index is 0.164. The van der Waals surface area contributed by atoms with E-state index in [4.69, 9.17) is 14.2 Å². The van der Waals surface area contributed by atoms with E-state index in [0.29, 0.717) is 78.2 Å². The molecule has 60 heavy (non-hydrogen) atoms. The Morgan fingerprint density at radius 2 is 1.72 bits per heavy atom. The first kappa shape index (κ1) is 47.7. The SMILES string of the molecule is CCCCCC[C@H](O)/C=C/[C@@H]1[C@@H](C/C=C\CCCC(=O)Oc2ccc3c(c2)/C(=C/c2[nH]c(C)c(C(=O)NCCN(CC)CC)c2C)C(=O)N3)[C@@H](OC(C)=O)C[C@H]1OC(C)=O. The van der Waals surface area contributed by atoms with Crippen LogP contribution in [-0.4, -0.2) is 89.2 Å². The van der Waals surface area contributed by atoms with Crippen LogP contribution in [0.4, 0.5) is 5.69 Å². The fraction of sp³-hybridized carbons (Fsp3) is 0.553. The maximum atomic E-state index is 13.1. The Labute approximate surface area is 355 Å². The van der Waals surface area contributed by atoms with Gasteiger partial charge < -0.3 is 39.8 Å². The molecule has 5 atom stereocenters. The van der Waals surface area contributed by atoms with Crippen LogP contribution in [0.1, 0.15) is 132 Å². The fourth-order valence-electron chi connectivity index (χ4n) is 8.13. The van der Waals surface area contributed by atoms with Gasteiger partial charge in [-0.1, -0.05) is 70.8 Å². The molecule has 2 amide bonds. The lowest BCUT2D eigenvalue weighted by Gasteiger charge is -2.23. The van der Waals surface area contributed by atoms with E-state index in [1.165, 1.54) is 13.8 Å². The maximum absolute atomic E-state index is 13.1. The van der Waals surface area contributed by atoms with Crippen molar-refractivity contribution in [3.05, 3.63) is 70.6 Å². The van der Waals surface area contributed by atoms with E-state index in [0.717, 1.165) is 50.9 Å². The molecule has 1 fully saturated rings. The molecule has 2 aromatic rings. The second-order valence-electron chi connectivity index (χ2n) is 15.8. The van der Waals surface area contributed by atoms with Crippen LogP contribution < -0.4 is 15.4 Å². The van der Waals surface area contributed by atoms with Gasteiger partial charge in [-0.3, -0.25) is 24.0 Å². The van der Waals surface area contributed by atoms with Gasteiger partial charge in [0.25, 0.3) is 11.8 Å². The number of H-pyrrole nitrogens is 1. The Bertz CT molecular complexity index is 1890. The molecule has 1 aromatic heterocycles.